The quantitative estimate of drug-likeness (QED) is 0.228. The molecule has 0 spiro atoms. The van der Waals surface area contributed by atoms with E-state index in [0.717, 1.165) is 31.9 Å². The number of guanidine groups is 1. The number of hydrogen-bond donors (Lipinski definition) is 3. The SMILES string of the molecule is CCS(=O)(=O)NCCNC(=NC)NC1CCN(c2cccs2)CC1.I. The molecule has 0 bridgehead atoms. The fraction of sp³-hybridized carbons (Fsp3) is 0.667. The highest BCUT2D eigenvalue weighted by atomic mass is 127. The van der Waals surface area contributed by atoms with Gasteiger partial charge in [-0.15, -0.1) is 35.3 Å². The van der Waals surface area contributed by atoms with E-state index in [2.05, 4.69) is 42.8 Å². The topological polar surface area (TPSA) is 85.8 Å². The highest BCUT2D eigenvalue weighted by Crippen LogP contribution is 2.24. The van der Waals surface area contributed by atoms with Gasteiger partial charge in [-0.1, -0.05) is 0 Å². The van der Waals surface area contributed by atoms with Crippen LogP contribution in [0.2, 0.25) is 0 Å². The van der Waals surface area contributed by atoms with Gasteiger partial charge in [0.1, 0.15) is 0 Å². The second kappa shape index (κ2) is 11.2. The second-order valence-electron chi connectivity index (χ2n) is 5.65. The average molecular weight is 501 g/mol. The summed E-state index contributed by atoms with van der Waals surface area (Å²) < 4.78 is 25.3. The summed E-state index contributed by atoms with van der Waals surface area (Å²) in [6, 6.07) is 4.64. The zero-order chi connectivity index (χ0) is 17.4. The fourth-order valence-corrected chi connectivity index (χ4v) is 3.97. The summed E-state index contributed by atoms with van der Waals surface area (Å²) >= 11 is 1.78. The highest BCUT2D eigenvalue weighted by Gasteiger charge is 2.20. The number of nitrogens with zero attached hydrogens (tertiary/aromatic N) is 2. The fourth-order valence-electron chi connectivity index (χ4n) is 2.57. The smallest absolute Gasteiger partial charge is 0.211 e. The Morgan fingerprint density at radius 2 is 2.08 bits per heavy atom. The van der Waals surface area contributed by atoms with E-state index in [4.69, 9.17) is 0 Å². The summed E-state index contributed by atoms with van der Waals surface area (Å²) in [5.41, 5.74) is 0. The van der Waals surface area contributed by atoms with Gasteiger partial charge in [0.15, 0.2) is 5.96 Å². The Bertz CT molecular complexity index is 614. The lowest BCUT2D eigenvalue weighted by atomic mass is 10.1. The minimum Gasteiger partial charge on any atom is -0.363 e. The van der Waals surface area contributed by atoms with E-state index in [-0.39, 0.29) is 29.7 Å². The number of nitrogens with one attached hydrogen (secondary N) is 3. The molecule has 1 fully saturated rings. The minimum absolute atomic E-state index is 0. The van der Waals surface area contributed by atoms with Gasteiger partial charge < -0.3 is 15.5 Å². The van der Waals surface area contributed by atoms with E-state index >= 15 is 0 Å². The van der Waals surface area contributed by atoms with Gasteiger partial charge in [0.05, 0.1) is 10.8 Å². The van der Waals surface area contributed by atoms with E-state index in [1.165, 1.54) is 5.00 Å². The van der Waals surface area contributed by atoms with Crippen molar-refractivity contribution in [3.8, 4) is 0 Å². The summed E-state index contributed by atoms with van der Waals surface area (Å²) in [5, 5.41) is 10.0. The van der Waals surface area contributed by atoms with Gasteiger partial charge in [-0.3, -0.25) is 4.99 Å². The molecule has 7 nitrogen and oxygen atoms in total. The zero-order valence-electron chi connectivity index (χ0n) is 14.7. The standard InChI is InChI=1S/C15H27N5O2S2.HI/c1-3-24(21,22)18-9-8-17-15(16-2)19-13-6-10-20(11-7-13)14-5-4-12-23-14;/h4-5,12-13,18H,3,6-11H2,1-2H3,(H2,16,17,19);1H. The molecule has 0 amide bonds. The third-order valence-electron chi connectivity index (χ3n) is 4.00. The number of hydrogen-bond acceptors (Lipinski definition) is 5. The molecule has 0 unspecified atom stereocenters. The first kappa shape index (κ1) is 22.5. The number of thiophene rings is 1. The maximum Gasteiger partial charge on any atom is 0.211 e. The molecule has 144 valence electrons. The molecule has 0 aromatic carbocycles. The summed E-state index contributed by atoms with van der Waals surface area (Å²) in [4.78, 5) is 6.63. The molecule has 1 aromatic rings. The molecule has 25 heavy (non-hydrogen) atoms. The number of halogens is 1. The highest BCUT2D eigenvalue weighted by molar-refractivity contribution is 14.0. The van der Waals surface area contributed by atoms with Crippen molar-refractivity contribution in [3.63, 3.8) is 0 Å². The van der Waals surface area contributed by atoms with Crippen molar-refractivity contribution < 1.29 is 8.42 Å². The normalized spacial score (nSPS) is 16.4. The van der Waals surface area contributed by atoms with Crippen molar-refractivity contribution in [2.24, 2.45) is 4.99 Å². The van der Waals surface area contributed by atoms with Crippen molar-refractivity contribution >= 4 is 56.3 Å². The van der Waals surface area contributed by atoms with Gasteiger partial charge in [-0.05, 0) is 37.3 Å². The van der Waals surface area contributed by atoms with E-state index in [1.54, 1.807) is 25.3 Å². The molecule has 1 aliphatic rings. The lowest BCUT2D eigenvalue weighted by Gasteiger charge is -2.33. The maximum atomic E-state index is 11.4. The van der Waals surface area contributed by atoms with Gasteiger partial charge in [0.2, 0.25) is 10.0 Å². The largest absolute Gasteiger partial charge is 0.363 e. The second-order valence-corrected chi connectivity index (χ2v) is 8.68. The van der Waals surface area contributed by atoms with Gasteiger partial charge in [0.25, 0.3) is 0 Å². The summed E-state index contributed by atoms with van der Waals surface area (Å²) in [5.74, 6) is 0.822. The van der Waals surface area contributed by atoms with E-state index in [1.807, 2.05) is 0 Å². The van der Waals surface area contributed by atoms with E-state index in [0.29, 0.717) is 19.1 Å². The first-order valence-corrected chi connectivity index (χ1v) is 10.8. The Labute approximate surface area is 171 Å². The predicted molar refractivity (Wildman–Crippen MR) is 117 cm³/mol. The average Bonchev–Trinajstić information content (AvgIpc) is 3.12. The maximum absolute atomic E-state index is 11.4. The van der Waals surface area contributed by atoms with Gasteiger partial charge >= 0.3 is 0 Å². The molecule has 0 radical (unpaired) electrons. The van der Waals surface area contributed by atoms with Crippen molar-refractivity contribution in [3.05, 3.63) is 17.5 Å². The first-order chi connectivity index (χ1) is 11.5. The third kappa shape index (κ3) is 7.67. The van der Waals surface area contributed by atoms with Crippen molar-refractivity contribution in [1.29, 1.82) is 0 Å². The summed E-state index contributed by atoms with van der Waals surface area (Å²) in [7, 11) is -1.41. The van der Waals surface area contributed by atoms with Crippen molar-refractivity contribution in [1.82, 2.24) is 15.4 Å². The van der Waals surface area contributed by atoms with Gasteiger partial charge in [-0.2, -0.15) is 0 Å². The Morgan fingerprint density at radius 3 is 2.64 bits per heavy atom. The zero-order valence-corrected chi connectivity index (χ0v) is 18.7. The lowest BCUT2D eigenvalue weighted by molar-refractivity contribution is 0.463. The Hall–Kier alpha value is -0.590. The lowest BCUT2D eigenvalue weighted by Crippen LogP contribution is -2.49. The molecular weight excluding hydrogens is 473 g/mol. The third-order valence-corrected chi connectivity index (χ3v) is 6.33. The van der Waals surface area contributed by atoms with Crippen LogP contribution in [-0.2, 0) is 10.0 Å². The Balaban J connectivity index is 0.00000312. The van der Waals surface area contributed by atoms with Crippen LogP contribution in [-0.4, -0.2) is 59.4 Å². The van der Waals surface area contributed by atoms with Gasteiger partial charge in [0, 0.05) is 39.3 Å². The molecular formula is C15H28IN5O2S2. The van der Waals surface area contributed by atoms with Crippen LogP contribution in [0.3, 0.4) is 0 Å². The number of piperidine rings is 1. The first-order valence-electron chi connectivity index (χ1n) is 8.27. The van der Waals surface area contributed by atoms with Crippen LogP contribution in [0.5, 0.6) is 0 Å². The molecule has 0 saturated carbocycles. The molecule has 1 saturated heterocycles. The van der Waals surface area contributed by atoms with Crippen LogP contribution in [0.1, 0.15) is 19.8 Å². The molecule has 2 rings (SSSR count). The van der Waals surface area contributed by atoms with Crippen LogP contribution < -0.4 is 20.3 Å². The predicted octanol–water partition coefficient (Wildman–Crippen LogP) is 1.44. The van der Waals surface area contributed by atoms with Crippen molar-refractivity contribution in [2.75, 3.05) is 43.9 Å². The van der Waals surface area contributed by atoms with Gasteiger partial charge in [-0.25, -0.2) is 13.1 Å². The monoisotopic (exact) mass is 501 g/mol. The minimum atomic E-state index is -3.13. The Kier molecular flexibility index (Phi) is 10.1. The number of rotatable bonds is 7. The number of anilines is 1. The summed E-state index contributed by atoms with van der Waals surface area (Å²) in [6.45, 7) is 4.55. The number of sulfonamides is 1. The Morgan fingerprint density at radius 1 is 1.36 bits per heavy atom. The molecule has 0 aliphatic carbocycles. The van der Waals surface area contributed by atoms with E-state index in [9.17, 15) is 8.42 Å². The number of aliphatic imine (C=N–C) groups is 1. The molecule has 3 N–H and O–H groups in total. The van der Waals surface area contributed by atoms with Crippen LogP contribution in [0.4, 0.5) is 5.00 Å². The summed E-state index contributed by atoms with van der Waals surface area (Å²) in [6.07, 6.45) is 2.11. The van der Waals surface area contributed by atoms with Crippen LogP contribution in [0.15, 0.2) is 22.5 Å². The van der Waals surface area contributed by atoms with E-state index < -0.39 is 10.0 Å². The molecule has 1 aromatic heterocycles. The van der Waals surface area contributed by atoms with Crippen LogP contribution in [0.25, 0.3) is 0 Å². The molecule has 1 aliphatic heterocycles. The van der Waals surface area contributed by atoms with Crippen molar-refractivity contribution in [2.45, 2.75) is 25.8 Å². The van der Waals surface area contributed by atoms with Crippen LogP contribution in [0, 0.1) is 0 Å². The molecule has 0 atom stereocenters. The molecule has 2 heterocycles. The molecule has 10 heteroatoms. The van der Waals surface area contributed by atoms with Crippen LogP contribution >= 0.6 is 35.3 Å².